The minimum atomic E-state index is -3.54. The average Bonchev–Trinajstić information content (AvgIpc) is 2.69. The van der Waals surface area contributed by atoms with Crippen molar-refractivity contribution in [2.75, 3.05) is 25.5 Å². The Kier molecular flexibility index (Phi) is 5.82. The van der Waals surface area contributed by atoms with Gasteiger partial charge in [-0.1, -0.05) is 18.6 Å². The Labute approximate surface area is 160 Å². The van der Waals surface area contributed by atoms with Gasteiger partial charge in [0, 0.05) is 24.3 Å². The summed E-state index contributed by atoms with van der Waals surface area (Å²) in [5, 5.41) is 2.77. The van der Waals surface area contributed by atoms with E-state index in [1.54, 1.807) is 37.4 Å². The summed E-state index contributed by atoms with van der Waals surface area (Å²) in [5.41, 5.74) is 1.82. The summed E-state index contributed by atoms with van der Waals surface area (Å²) in [4.78, 5) is 12.7. The Morgan fingerprint density at radius 1 is 1.07 bits per heavy atom. The zero-order valence-electron chi connectivity index (χ0n) is 15.6. The molecule has 0 aromatic heterocycles. The molecule has 1 saturated heterocycles. The van der Waals surface area contributed by atoms with Crippen LogP contribution in [0.1, 0.15) is 35.2 Å². The molecule has 1 amide bonds. The van der Waals surface area contributed by atoms with Crippen LogP contribution in [0.25, 0.3) is 0 Å². The van der Waals surface area contributed by atoms with Gasteiger partial charge >= 0.3 is 0 Å². The average molecular weight is 388 g/mol. The van der Waals surface area contributed by atoms with E-state index in [2.05, 4.69) is 5.32 Å². The summed E-state index contributed by atoms with van der Waals surface area (Å²) in [6, 6.07) is 11.6. The molecule has 2 aromatic carbocycles. The molecule has 1 N–H and O–H groups in total. The fourth-order valence-corrected chi connectivity index (χ4v) is 4.72. The summed E-state index contributed by atoms with van der Waals surface area (Å²) < 4.78 is 32.4. The molecule has 1 aliphatic rings. The number of methoxy groups -OCH3 is 1. The molecular formula is C20H24N2O4S. The topological polar surface area (TPSA) is 75.7 Å². The second-order valence-electron chi connectivity index (χ2n) is 6.63. The lowest BCUT2D eigenvalue weighted by Crippen LogP contribution is -2.35. The van der Waals surface area contributed by atoms with Gasteiger partial charge in [-0.25, -0.2) is 8.42 Å². The quantitative estimate of drug-likeness (QED) is 0.851. The monoisotopic (exact) mass is 388 g/mol. The van der Waals surface area contributed by atoms with Crippen molar-refractivity contribution < 1.29 is 17.9 Å². The van der Waals surface area contributed by atoms with Crippen LogP contribution in [-0.2, 0) is 10.0 Å². The van der Waals surface area contributed by atoms with Crippen LogP contribution < -0.4 is 10.1 Å². The molecule has 27 heavy (non-hydrogen) atoms. The van der Waals surface area contributed by atoms with Gasteiger partial charge in [-0.2, -0.15) is 4.31 Å². The molecule has 0 unspecified atom stereocenters. The number of anilines is 1. The van der Waals surface area contributed by atoms with Crippen LogP contribution in [-0.4, -0.2) is 38.8 Å². The molecule has 1 heterocycles. The van der Waals surface area contributed by atoms with Gasteiger partial charge in [0.05, 0.1) is 12.0 Å². The number of carbonyl (C=O) groups excluding carboxylic acids is 1. The van der Waals surface area contributed by atoms with Crippen molar-refractivity contribution in [2.45, 2.75) is 31.1 Å². The van der Waals surface area contributed by atoms with Crippen molar-refractivity contribution in [3.8, 4) is 5.75 Å². The Hall–Kier alpha value is -2.38. The largest absolute Gasteiger partial charge is 0.496 e. The van der Waals surface area contributed by atoms with E-state index in [4.69, 9.17) is 4.74 Å². The lowest BCUT2D eigenvalue weighted by atomic mass is 10.1. The molecule has 0 saturated carbocycles. The van der Waals surface area contributed by atoms with E-state index >= 15 is 0 Å². The van der Waals surface area contributed by atoms with E-state index in [0.29, 0.717) is 30.1 Å². The van der Waals surface area contributed by atoms with Gasteiger partial charge in [0.15, 0.2) is 0 Å². The van der Waals surface area contributed by atoms with Crippen molar-refractivity contribution >= 4 is 21.6 Å². The number of piperidine rings is 1. The number of nitrogens with one attached hydrogen (secondary N) is 1. The van der Waals surface area contributed by atoms with Crippen molar-refractivity contribution in [1.82, 2.24) is 4.31 Å². The Bertz CT molecular complexity index is 935. The molecule has 6 nitrogen and oxygen atoms in total. The molecule has 2 aromatic rings. The smallest absolute Gasteiger partial charge is 0.255 e. The first-order valence-corrected chi connectivity index (χ1v) is 10.4. The van der Waals surface area contributed by atoms with Gasteiger partial charge in [-0.3, -0.25) is 4.79 Å². The van der Waals surface area contributed by atoms with Crippen molar-refractivity contribution in [3.63, 3.8) is 0 Å². The summed E-state index contributed by atoms with van der Waals surface area (Å²) in [6.07, 6.45) is 2.82. The van der Waals surface area contributed by atoms with Gasteiger partial charge in [0.2, 0.25) is 10.0 Å². The Balaban J connectivity index is 1.80. The molecule has 0 spiro atoms. The van der Waals surface area contributed by atoms with Crippen molar-refractivity contribution in [2.24, 2.45) is 0 Å². The standard InChI is InChI=1S/C20H24N2O4S/c1-15-9-10-16(13-19(15)26-2)20(23)21-17-7-6-8-18(14-17)27(24,25)22-11-4-3-5-12-22/h6-10,13-14H,3-5,11-12H2,1-2H3,(H,21,23). The lowest BCUT2D eigenvalue weighted by molar-refractivity contribution is 0.102. The first kappa shape index (κ1) is 19.4. The van der Waals surface area contributed by atoms with Crippen molar-refractivity contribution in [3.05, 3.63) is 53.6 Å². The van der Waals surface area contributed by atoms with Crippen LogP contribution in [0.5, 0.6) is 5.75 Å². The van der Waals surface area contributed by atoms with Crippen molar-refractivity contribution in [1.29, 1.82) is 0 Å². The third-order valence-electron chi connectivity index (χ3n) is 4.71. The van der Waals surface area contributed by atoms with Crippen LogP contribution in [0.4, 0.5) is 5.69 Å². The molecule has 0 radical (unpaired) electrons. The number of carbonyl (C=O) groups is 1. The Morgan fingerprint density at radius 3 is 2.52 bits per heavy atom. The number of amides is 1. The van der Waals surface area contributed by atoms with E-state index in [1.165, 1.54) is 10.4 Å². The first-order chi connectivity index (χ1) is 12.9. The molecule has 0 bridgehead atoms. The molecular weight excluding hydrogens is 364 g/mol. The van der Waals surface area contributed by atoms with Gasteiger partial charge in [0.25, 0.3) is 5.91 Å². The number of aryl methyl sites for hydroxylation is 1. The highest BCUT2D eigenvalue weighted by molar-refractivity contribution is 7.89. The van der Waals surface area contributed by atoms with Crippen LogP contribution in [0, 0.1) is 6.92 Å². The number of sulfonamides is 1. The number of rotatable bonds is 5. The minimum absolute atomic E-state index is 0.198. The lowest BCUT2D eigenvalue weighted by Gasteiger charge is -2.26. The maximum absolute atomic E-state index is 12.8. The van der Waals surface area contributed by atoms with Crippen LogP contribution in [0.2, 0.25) is 0 Å². The third kappa shape index (κ3) is 4.31. The molecule has 7 heteroatoms. The van der Waals surface area contributed by atoms with Gasteiger partial charge < -0.3 is 10.1 Å². The van der Waals surface area contributed by atoms with Crippen LogP contribution >= 0.6 is 0 Å². The number of hydrogen-bond donors (Lipinski definition) is 1. The molecule has 144 valence electrons. The number of ether oxygens (including phenoxy) is 1. The molecule has 0 aliphatic carbocycles. The molecule has 1 aliphatic heterocycles. The van der Waals surface area contributed by atoms with E-state index in [-0.39, 0.29) is 10.8 Å². The molecule has 3 rings (SSSR count). The number of hydrogen-bond acceptors (Lipinski definition) is 4. The minimum Gasteiger partial charge on any atom is -0.496 e. The van der Waals surface area contributed by atoms with Gasteiger partial charge in [-0.05, 0) is 55.7 Å². The SMILES string of the molecule is COc1cc(C(=O)Nc2cccc(S(=O)(=O)N3CCCCC3)c2)ccc1C. The number of nitrogens with zero attached hydrogens (tertiary/aromatic N) is 1. The molecule has 1 fully saturated rings. The highest BCUT2D eigenvalue weighted by Gasteiger charge is 2.26. The summed E-state index contributed by atoms with van der Waals surface area (Å²) in [5.74, 6) is 0.310. The van der Waals surface area contributed by atoms with E-state index < -0.39 is 10.0 Å². The summed E-state index contributed by atoms with van der Waals surface area (Å²) in [6.45, 7) is 2.99. The fourth-order valence-electron chi connectivity index (χ4n) is 3.15. The zero-order chi connectivity index (χ0) is 19.4. The zero-order valence-corrected chi connectivity index (χ0v) is 16.4. The Morgan fingerprint density at radius 2 is 1.81 bits per heavy atom. The highest BCUT2D eigenvalue weighted by Crippen LogP contribution is 2.24. The van der Waals surface area contributed by atoms with E-state index in [1.807, 2.05) is 13.0 Å². The predicted molar refractivity (Wildman–Crippen MR) is 105 cm³/mol. The summed E-state index contributed by atoms with van der Waals surface area (Å²) >= 11 is 0. The second kappa shape index (κ2) is 8.10. The molecule has 0 atom stereocenters. The van der Waals surface area contributed by atoms with Crippen LogP contribution in [0.3, 0.4) is 0 Å². The third-order valence-corrected chi connectivity index (χ3v) is 6.61. The van der Waals surface area contributed by atoms with Crippen LogP contribution in [0.15, 0.2) is 47.4 Å². The maximum Gasteiger partial charge on any atom is 0.255 e. The highest BCUT2D eigenvalue weighted by atomic mass is 32.2. The maximum atomic E-state index is 12.8. The second-order valence-corrected chi connectivity index (χ2v) is 8.57. The van der Waals surface area contributed by atoms with Gasteiger partial charge in [-0.15, -0.1) is 0 Å². The first-order valence-electron chi connectivity index (χ1n) is 8.98. The van der Waals surface area contributed by atoms with E-state index in [0.717, 1.165) is 24.8 Å². The van der Waals surface area contributed by atoms with Gasteiger partial charge in [0.1, 0.15) is 5.75 Å². The summed E-state index contributed by atoms with van der Waals surface area (Å²) in [7, 11) is -1.98. The normalized spacial score (nSPS) is 15.3. The van der Waals surface area contributed by atoms with E-state index in [9.17, 15) is 13.2 Å². The fraction of sp³-hybridized carbons (Fsp3) is 0.350. The predicted octanol–water partition coefficient (Wildman–Crippen LogP) is 3.43. The number of benzene rings is 2.